The van der Waals surface area contributed by atoms with Crippen LogP contribution in [0.4, 0.5) is 0 Å². The Morgan fingerprint density at radius 3 is 2.70 bits per heavy atom. The van der Waals surface area contributed by atoms with Crippen molar-refractivity contribution in [3.8, 4) is 0 Å². The summed E-state index contributed by atoms with van der Waals surface area (Å²) in [5.41, 5.74) is 1.61. The fourth-order valence-electron chi connectivity index (χ4n) is 1.91. The fraction of sp³-hybridized carbons (Fsp3) is 0.0667. The van der Waals surface area contributed by atoms with Gasteiger partial charge in [0.25, 0.3) is 0 Å². The highest BCUT2D eigenvalue weighted by molar-refractivity contribution is 7.20. The van der Waals surface area contributed by atoms with Crippen molar-refractivity contribution in [2.45, 2.75) is 6.42 Å². The van der Waals surface area contributed by atoms with Gasteiger partial charge in [0.05, 0.1) is 10.2 Å². The number of aromatic nitrogens is 1. The first-order chi connectivity index (χ1) is 9.63. The van der Waals surface area contributed by atoms with Crippen LogP contribution in [0.25, 0.3) is 10.2 Å². The number of carbonyl (C=O) groups excluding carboxylic acids is 1. The highest BCUT2D eigenvalue weighted by Gasteiger charge is 2.14. The molecule has 3 rings (SSSR count). The molecule has 2 aromatic carbocycles. The molecule has 0 saturated heterocycles. The molecule has 100 valence electrons. The van der Waals surface area contributed by atoms with E-state index in [2.05, 4.69) is 4.98 Å². The SMILES string of the molecule is O=C(Cc1ccc(Cl)cc1Cl)c1nc2ccccc2s1. The van der Waals surface area contributed by atoms with Crippen molar-refractivity contribution in [1.29, 1.82) is 0 Å². The van der Waals surface area contributed by atoms with Crippen molar-refractivity contribution in [3.05, 3.63) is 63.1 Å². The zero-order valence-electron chi connectivity index (χ0n) is 10.3. The predicted octanol–water partition coefficient (Wildman–Crippen LogP) is 5.03. The maximum absolute atomic E-state index is 12.3. The maximum Gasteiger partial charge on any atom is 0.195 e. The molecule has 0 aliphatic rings. The molecule has 0 spiro atoms. The Kier molecular flexibility index (Phi) is 3.74. The van der Waals surface area contributed by atoms with Gasteiger partial charge in [0, 0.05) is 16.5 Å². The number of nitrogens with zero attached hydrogens (tertiary/aromatic N) is 1. The molecule has 2 nitrogen and oxygen atoms in total. The van der Waals surface area contributed by atoms with Crippen LogP contribution in [0.3, 0.4) is 0 Å². The Morgan fingerprint density at radius 2 is 1.95 bits per heavy atom. The summed E-state index contributed by atoms with van der Waals surface area (Å²) in [5, 5.41) is 1.58. The minimum atomic E-state index is -0.0320. The first-order valence-corrected chi connectivity index (χ1v) is 7.53. The number of para-hydroxylation sites is 1. The van der Waals surface area contributed by atoms with Crippen LogP contribution in [0.2, 0.25) is 10.0 Å². The van der Waals surface area contributed by atoms with Crippen molar-refractivity contribution in [3.63, 3.8) is 0 Å². The second-order valence-corrected chi connectivity index (χ2v) is 6.20. The van der Waals surface area contributed by atoms with E-state index in [9.17, 15) is 4.79 Å². The maximum atomic E-state index is 12.3. The van der Waals surface area contributed by atoms with E-state index in [1.807, 2.05) is 24.3 Å². The molecule has 20 heavy (non-hydrogen) atoms. The number of benzene rings is 2. The molecular weight excluding hydrogens is 313 g/mol. The van der Waals surface area contributed by atoms with Gasteiger partial charge < -0.3 is 0 Å². The lowest BCUT2D eigenvalue weighted by atomic mass is 10.1. The molecule has 0 radical (unpaired) electrons. The minimum Gasteiger partial charge on any atom is -0.291 e. The van der Waals surface area contributed by atoms with Crippen LogP contribution in [-0.4, -0.2) is 10.8 Å². The standard InChI is InChI=1S/C15H9Cl2NOS/c16-10-6-5-9(11(17)8-10)7-13(19)15-18-12-3-1-2-4-14(12)20-15/h1-6,8H,7H2. The van der Waals surface area contributed by atoms with E-state index in [-0.39, 0.29) is 12.2 Å². The highest BCUT2D eigenvalue weighted by Crippen LogP contribution is 2.25. The van der Waals surface area contributed by atoms with E-state index in [1.54, 1.807) is 18.2 Å². The van der Waals surface area contributed by atoms with Crippen LogP contribution in [0, 0.1) is 0 Å². The molecule has 1 aromatic heterocycles. The average molecular weight is 322 g/mol. The number of halogens is 2. The number of ketones is 1. The minimum absolute atomic E-state index is 0.0320. The molecule has 0 aliphatic heterocycles. The summed E-state index contributed by atoms with van der Waals surface area (Å²) in [6, 6.07) is 12.8. The normalized spacial score (nSPS) is 10.9. The number of hydrogen-bond donors (Lipinski definition) is 0. The summed E-state index contributed by atoms with van der Waals surface area (Å²) >= 11 is 13.3. The monoisotopic (exact) mass is 321 g/mol. The van der Waals surface area contributed by atoms with Gasteiger partial charge in [-0.05, 0) is 29.8 Å². The third kappa shape index (κ3) is 2.70. The second-order valence-electron chi connectivity index (χ2n) is 4.32. The van der Waals surface area contributed by atoms with Gasteiger partial charge in [-0.3, -0.25) is 4.79 Å². The summed E-state index contributed by atoms with van der Waals surface area (Å²) in [5.74, 6) is -0.0320. The van der Waals surface area contributed by atoms with E-state index in [0.717, 1.165) is 15.8 Å². The summed E-state index contributed by atoms with van der Waals surface area (Å²) in [7, 11) is 0. The third-order valence-electron chi connectivity index (χ3n) is 2.90. The second kappa shape index (κ2) is 5.52. The van der Waals surface area contributed by atoms with Crippen molar-refractivity contribution >= 4 is 50.5 Å². The van der Waals surface area contributed by atoms with Gasteiger partial charge in [-0.2, -0.15) is 0 Å². The fourth-order valence-corrected chi connectivity index (χ4v) is 3.28. The third-order valence-corrected chi connectivity index (χ3v) is 4.56. The quantitative estimate of drug-likeness (QED) is 0.633. The summed E-state index contributed by atoms with van der Waals surface area (Å²) < 4.78 is 1.01. The van der Waals surface area contributed by atoms with Gasteiger partial charge in [0.15, 0.2) is 10.8 Å². The van der Waals surface area contributed by atoms with Crippen LogP contribution in [-0.2, 0) is 6.42 Å². The van der Waals surface area contributed by atoms with E-state index in [1.165, 1.54) is 11.3 Å². The molecule has 0 N–H and O–H groups in total. The van der Waals surface area contributed by atoms with E-state index in [4.69, 9.17) is 23.2 Å². The van der Waals surface area contributed by atoms with Crippen LogP contribution in [0.15, 0.2) is 42.5 Å². The van der Waals surface area contributed by atoms with Crippen molar-refractivity contribution in [1.82, 2.24) is 4.98 Å². The summed E-state index contributed by atoms with van der Waals surface area (Å²) in [6.45, 7) is 0. The summed E-state index contributed by atoms with van der Waals surface area (Å²) in [4.78, 5) is 16.6. The lowest BCUT2D eigenvalue weighted by Gasteiger charge is -2.02. The Balaban J connectivity index is 1.89. The zero-order valence-corrected chi connectivity index (χ0v) is 12.6. The van der Waals surface area contributed by atoms with Crippen molar-refractivity contribution < 1.29 is 4.79 Å². The average Bonchev–Trinajstić information content (AvgIpc) is 2.86. The number of fused-ring (bicyclic) bond motifs is 1. The van der Waals surface area contributed by atoms with Crippen LogP contribution in [0.5, 0.6) is 0 Å². The smallest absolute Gasteiger partial charge is 0.195 e. The molecule has 0 amide bonds. The lowest BCUT2D eigenvalue weighted by Crippen LogP contribution is -2.03. The van der Waals surface area contributed by atoms with E-state index < -0.39 is 0 Å². The van der Waals surface area contributed by atoms with E-state index in [0.29, 0.717) is 15.1 Å². The zero-order chi connectivity index (χ0) is 14.1. The topological polar surface area (TPSA) is 30.0 Å². The van der Waals surface area contributed by atoms with Gasteiger partial charge in [0.1, 0.15) is 0 Å². The van der Waals surface area contributed by atoms with Crippen LogP contribution < -0.4 is 0 Å². The molecule has 0 aliphatic carbocycles. The number of carbonyl (C=O) groups is 1. The molecule has 3 aromatic rings. The van der Waals surface area contributed by atoms with Crippen LogP contribution >= 0.6 is 34.5 Å². The molecule has 0 atom stereocenters. The van der Waals surface area contributed by atoms with Gasteiger partial charge >= 0.3 is 0 Å². The van der Waals surface area contributed by atoms with Gasteiger partial charge in [0.2, 0.25) is 0 Å². The molecular formula is C15H9Cl2NOS. The lowest BCUT2D eigenvalue weighted by molar-refractivity contribution is 0.0993. The molecule has 0 unspecified atom stereocenters. The molecule has 0 saturated carbocycles. The number of Topliss-reactive ketones (excluding diaryl/α,β-unsaturated/α-hetero) is 1. The summed E-state index contributed by atoms with van der Waals surface area (Å²) in [6.07, 6.45) is 0.232. The predicted molar refractivity (Wildman–Crippen MR) is 84.1 cm³/mol. The molecule has 0 bridgehead atoms. The first-order valence-electron chi connectivity index (χ1n) is 5.96. The van der Waals surface area contributed by atoms with Crippen molar-refractivity contribution in [2.24, 2.45) is 0 Å². The molecule has 0 fully saturated rings. The number of hydrogen-bond acceptors (Lipinski definition) is 3. The Bertz CT molecular complexity index is 764. The van der Waals surface area contributed by atoms with Gasteiger partial charge in [-0.1, -0.05) is 41.4 Å². The number of thiazole rings is 1. The number of rotatable bonds is 3. The Morgan fingerprint density at radius 1 is 1.15 bits per heavy atom. The van der Waals surface area contributed by atoms with Gasteiger partial charge in [-0.25, -0.2) is 4.98 Å². The largest absolute Gasteiger partial charge is 0.291 e. The van der Waals surface area contributed by atoms with Crippen molar-refractivity contribution in [2.75, 3.05) is 0 Å². The Hall–Kier alpha value is -1.42. The van der Waals surface area contributed by atoms with Gasteiger partial charge in [-0.15, -0.1) is 11.3 Å². The Labute approximate surface area is 130 Å². The molecule has 5 heteroatoms. The first kappa shape index (κ1) is 13.6. The highest BCUT2D eigenvalue weighted by atomic mass is 35.5. The van der Waals surface area contributed by atoms with Crippen LogP contribution in [0.1, 0.15) is 15.4 Å². The molecule has 1 heterocycles. The van der Waals surface area contributed by atoms with E-state index >= 15 is 0 Å².